The number of amides is 1. The molecule has 118 valence electrons. The Bertz CT molecular complexity index is 844. The van der Waals surface area contributed by atoms with Gasteiger partial charge < -0.3 is 10.3 Å². The molecule has 0 atom stereocenters. The Morgan fingerprint density at radius 3 is 2.78 bits per heavy atom. The van der Waals surface area contributed by atoms with Crippen LogP contribution in [-0.2, 0) is 6.54 Å². The van der Waals surface area contributed by atoms with Crippen LogP contribution in [0.3, 0.4) is 0 Å². The fourth-order valence-corrected chi connectivity index (χ4v) is 2.62. The Morgan fingerprint density at radius 1 is 1.26 bits per heavy atom. The molecule has 0 aliphatic heterocycles. The maximum absolute atomic E-state index is 12.4. The molecule has 3 aromatic rings. The number of hydrogen-bond acceptors (Lipinski definition) is 2. The second kappa shape index (κ2) is 6.12. The van der Waals surface area contributed by atoms with E-state index in [9.17, 15) is 4.79 Å². The number of carbonyl (C=O) groups excluding carboxylic acids is 1. The maximum Gasteiger partial charge on any atom is 0.258 e. The van der Waals surface area contributed by atoms with E-state index >= 15 is 0 Å². The molecule has 0 saturated carbocycles. The van der Waals surface area contributed by atoms with Crippen LogP contribution in [0.4, 0.5) is 5.82 Å². The lowest BCUT2D eigenvalue weighted by molar-refractivity contribution is 0.102. The quantitative estimate of drug-likeness (QED) is 0.775. The van der Waals surface area contributed by atoms with E-state index in [2.05, 4.69) is 40.5 Å². The van der Waals surface area contributed by atoms with E-state index in [1.807, 2.05) is 24.6 Å². The van der Waals surface area contributed by atoms with Crippen LogP contribution in [0.25, 0.3) is 0 Å². The summed E-state index contributed by atoms with van der Waals surface area (Å²) < 4.78 is 1.82. The van der Waals surface area contributed by atoms with E-state index in [4.69, 9.17) is 0 Å². The van der Waals surface area contributed by atoms with Gasteiger partial charge in [-0.05, 0) is 32.4 Å². The zero-order valence-electron chi connectivity index (χ0n) is 13.6. The summed E-state index contributed by atoms with van der Waals surface area (Å²) in [7, 11) is 0. The number of H-pyrrole nitrogens is 1. The highest BCUT2D eigenvalue weighted by Gasteiger charge is 2.15. The number of aromatic nitrogens is 3. The van der Waals surface area contributed by atoms with Gasteiger partial charge in [-0.15, -0.1) is 0 Å². The Balaban J connectivity index is 1.84. The Morgan fingerprint density at radius 2 is 2.09 bits per heavy atom. The summed E-state index contributed by atoms with van der Waals surface area (Å²) in [5.41, 5.74) is 4.80. The third kappa shape index (κ3) is 3.18. The molecule has 2 N–H and O–H groups in total. The van der Waals surface area contributed by atoms with Crippen molar-refractivity contribution in [3.63, 3.8) is 0 Å². The predicted molar refractivity (Wildman–Crippen MR) is 90.7 cm³/mol. The van der Waals surface area contributed by atoms with Crippen molar-refractivity contribution in [2.75, 3.05) is 5.32 Å². The number of aryl methyl sites for hydroxylation is 3. The lowest BCUT2D eigenvalue weighted by atomic mass is 10.1. The van der Waals surface area contributed by atoms with Gasteiger partial charge in [0.2, 0.25) is 0 Å². The number of benzene rings is 1. The number of nitrogens with one attached hydrogen (secondary N) is 2. The zero-order valence-corrected chi connectivity index (χ0v) is 13.6. The largest absolute Gasteiger partial charge is 0.365 e. The molecular formula is C18H20N4O. The number of carbonyl (C=O) groups is 1. The number of nitrogens with zero attached hydrogens (tertiary/aromatic N) is 2. The van der Waals surface area contributed by atoms with Gasteiger partial charge in [-0.3, -0.25) is 4.79 Å². The topological polar surface area (TPSA) is 62.7 Å². The Hall–Kier alpha value is -2.82. The zero-order chi connectivity index (χ0) is 16.4. The van der Waals surface area contributed by atoms with Gasteiger partial charge in [-0.2, -0.15) is 5.10 Å². The van der Waals surface area contributed by atoms with Gasteiger partial charge in [0, 0.05) is 17.5 Å². The van der Waals surface area contributed by atoms with E-state index in [0.29, 0.717) is 12.1 Å². The maximum atomic E-state index is 12.4. The van der Waals surface area contributed by atoms with Gasteiger partial charge in [0.25, 0.3) is 5.91 Å². The first-order valence-electron chi connectivity index (χ1n) is 7.58. The molecule has 2 heterocycles. The van der Waals surface area contributed by atoms with Crippen molar-refractivity contribution in [2.45, 2.75) is 27.3 Å². The minimum atomic E-state index is -0.127. The van der Waals surface area contributed by atoms with Gasteiger partial charge in [0.05, 0.1) is 18.3 Å². The van der Waals surface area contributed by atoms with Crippen molar-refractivity contribution in [1.29, 1.82) is 0 Å². The number of rotatable bonds is 4. The molecule has 0 fully saturated rings. The molecule has 5 heteroatoms. The molecule has 5 nitrogen and oxygen atoms in total. The Labute approximate surface area is 135 Å². The highest BCUT2D eigenvalue weighted by Crippen LogP contribution is 2.18. The van der Waals surface area contributed by atoms with Crippen LogP contribution in [0.1, 0.15) is 32.7 Å². The molecule has 0 aliphatic carbocycles. The fraction of sp³-hybridized carbons (Fsp3) is 0.222. The van der Waals surface area contributed by atoms with Crippen LogP contribution in [0.2, 0.25) is 0 Å². The first-order valence-corrected chi connectivity index (χ1v) is 7.58. The average Bonchev–Trinajstić information content (AvgIpc) is 3.08. The highest BCUT2D eigenvalue weighted by molar-refractivity contribution is 6.05. The normalized spacial score (nSPS) is 10.7. The van der Waals surface area contributed by atoms with Crippen molar-refractivity contribution < 1.29 is 4.79 Å². The van der Waals surface area contributed by atoms with Gasteiger partial charge in [0.1, 0.15) is 5.82 Å². The first kappa shape index (κ1) is 15.1. The van der Waals surface area contributed by atoms with Crippen LogP contribution in [0.15, 0.2) is 42.7 Å². The summed E-state index contributed by atoms with van der Waals surface area (Å²) >= 11 is 0. The van der Waals surface area contributed by atoms with Gasteiger partial charge in [-0.1, -0.05) is 29.8 Å². The number of anilines is 1. The summed E-state index contributed by atoms with van der Waals surface area (Å²) in [6.45, 7) is 6.51. The number of hydrogen-bond donors (Lipinski definition) is 2. The minimum Gasteiger partial charge on any atom is -0.365 e. The SMILES string of the molecule is Cc1cccc(Cn2ncc(C)c2NC(=O)c2cc[nH]c2C)c1. The van der Waals surface area contributed by atoms with Crippen molar-refractivity contribution in [3.05, 3.63) is 70.7 Å². The standard InChI is InChI=1S/C18H20N4O/c1-12-5-4-6-15(9-12)11-22-17(13(2)10-20-22)21-18(23)16-7-8-19-14(16)3/h4-10,19H,11H2,1-3H3,(H,21,23). The smallest absolute Gasteiger partial charge is 0.258 e. The predicted octanol–water partition coefficient (Wildman–Crippen LogP) is 3.44. The molecule has 1 aromatic carbocycles. The molecule has 1 amide bonds. The van der Waals surface area contributed by atoms with Crippen molar-refractivity contribution >= 4 is 11.7 Å². The lowest BCUT2D eigenvalue weighted by Gasteiger charge is -2.11. The van der Waals surface area contributed by atoms with Crippen molar-refractivity contribution in [2.24, 2.45) is 0 Å². The second-order valence-electron chi connectivity index (χ2n) is 5.79. The van der Waals surface area contributed by atoms with Crippen molar-refractivity contribution in [1.82, 2.24) is 14.8 Å². The van der Waals surface area contributed by atoms with E-state index in [-0.39, 0.29) is 5.91 Å². The molecule has 2 aromatic heterocycles. The van der Waals surface area contributed by atoms with Crippen LogP contribution in [0, 0.1) is 20.8 Å². The first-order chi connectivity index (χ1) is 11.0. The van der Waals surface area contributed by atoms with Crippen LogP contribution >= 0.6 is 0 Å². The molecule has 3 rings (SSSR count). The van der Waals surface area contributed by atoms with Crippen LogP contribution in [-0.4, -0.2) is 20.7 Å². The van der Waals surface area contributed by atoms with E-state index in [1.165, 1.54) is 5.56 Å². The lowest BCUT2D eigenvalue weighted by Crippen LogP contribution is -2.17. The van der Waals surface area contributed by atoms with Gasteiger partial charge in [0.15, 0.2) is 0 Å². The summed E-state index contributed by atoms with van der Waals surface area (Å²) in [6.07, 6.45) is 3.54. The van der Waals surface area contributed by atoms with Gasteiger partial charge >= 0.3 is 0 Å². The molecule has 0 unspecified atom stereocenters. The van der Waals surface area contributed by atoms with E-state index < -0.39 is 0 Å². The minimum absolute atomic E-state index is 0.127. The summed E-state index contributed by atoms with van der Waals surface area (Å²) in [5.74, 6) is 0.606. The third-order valence-electron chi connectivity index (χ3n) is 3.87. The molecule has 23 heavy (non-hydrogen) atoms. The average molecular weight is 308 g/mol. The second-order valence-corrected chi connectivity index (χ2v) is 5.79. The highest BCUT2D eigenvalue weighted by atomic mass is 16.1. The van der Waals surface area contributed by atoms with Crippen LogP contribution < -0.4 is 5.32 Å². The summed E-state index contributed by atoms with van der Waals surface area (Å²) in [6, 6.07) is 10.1. The van der Waals surface area contributed by atoms with Crippen LogP contribution in [0.5, 0.6) is 0 Å². The van der Waals surface area contributed by atoms with E-state index in [0.717, 1.165) is 22.6 Å². The molecular weight excluding hydrogens is 288 g/mol. The molecule has 0 saturated heterocycles. The van der Waals surface area contributed by atoms with E-state index in [1.54, 1.807) is 18.5 Å². The molecule has 0 bridgehead atoms. The summed E-state index contributed by atoms with van der Waals surface area (Å²) in [4.78, 5) is 15.5. The number of aromatic amines is 1. The molecule has 0 radical (unpaired) electrons. The molecule has 0 aliphatic rings. The Kier molecular flexibility index (Phi) is 4.02. The third-order valence-corrected chi connectivity index (χ3v) is 3.87. The summed E-state index contributed by atoms with van der Waals surface area (Å²) in [5, 5.41) is 7.37. The van der Waals surface area contributed by atoms with Crippen molar-refractivity contribution in [3.8, 4) is 0 Å². The fourth-order valence-electron chi connectivity index (χ4n) is 2.62. The monoisotopic (exact) mass is 308 g/mol. The molecule has 0 spiro atoms. The van der Waals surface area contributed by atoms with Gasteiger partial charge in [-0.25, -0.2) is 4.68 Å².